The highest BCUT2D eigenvalue weighted by Gasteiger charge is 2.27. The van der Waals surface area contributed by atoms with Gasteiger partial charge in [-0.25, -0.2) is 0 Å². The number of nitrogens with one attached hydrogen (secondary N) is 1. The molecule has 1 N–H and O–H groups in total. The van der Waals surface area contributed by atoms with Crippen LogP contribution < -0.4 is 5.32 Å². The van der Waals surface area contributed by atoms with Gasteiger partial charge in [0.1, 0.15) is 0 Å². The van der Waals surface area contributed by atoms with Crippen LogP contribution in [-0.4, -0.2) is 23.0 Å². The van der Waals surface area contributed by atoms with Crippen LogP contribution in [0, 0.1) is 5.92 Å². The summed E-state index contributed by atoms with van der Waals surface area (Å²) in [6.07, 6.45) is 6.40. The molecule has 0 saturated carbocycles. The standard InChI is InChI=1S/C17H22N2S/c1-2-8-19-17(14-7-10-20-12-14)15-5-3-4-13-6-9-18-11-16(13)15/h3-6,9,11,14,17,19H,2,7-8,10,12H2,1H3. The van der Waals surface area contributed by atoms with Gasteiger partial charge in [-0.1, -0.05) is 25.1 Å². The molecule has 0 bridgehead atoms. The van der Waals surface area contributed by atoms with E-state index in [0.29, 0.717) is 6.04 Å². The number of pyridine rings is 1. The lowest BCUT2D eigenvalue weighted by molar-refractivity contribution is 0.396. The molecule has 0 amide bonds. The lowest BCUT2D eigenvalue weighted by atomic mass is 9.89. The van der Waals surface area contributed by atoms with Crippen molar-refractivity contribution in [3.05, 3.63) is 42.2 Å². The van der Waals surface area contributed by atoms with Crippen molar-refractivity contribution in [1.29, 1.82) is 0 Å². The Morgan fingerprint density at radius 3 is 3.15 bits per heavy atom. The zero-order chi connectivity index (χ0) is 13.8. The fourth-order valence-corrected chi connectivity index (χ4v) is 4.35. The van der Waals surface area contributed by atoms with Crippen molar-refractivity contribution in [3.63, 3.8) is 0 Å². The molecule has 0 radical (unpaired) electrons. The number of hydrogen-bond donors (Lipinski definition) is 1. The Bertz CT molecular complexity index is 558. The van der Waals surface area contributed by atoms with Crippen molar-refractivity contribution in [2.45, 2.75) is 25.8 Å². The first-order valence-electron chi connectivity index (χ1n) is 7.54. The fraction of sp³-hybridized carbons (Fsp3) is 0.471. The van der Waals surface area contributed by atoms with Crippen LogP contribution in [-0.2, 0) is 0 Å². The summed E-state index contributed by atoms with van der Waals surface area (Å²) in [5.41, 5.74) is 1.43. The molecule has 1 fully saturated rings. The maximum atomic E-state index is 4.33. The largest absolute Gasteiger partial charge is 0.310 e. The first kappa shape index (κ1) is 13.9. The number of nitrogens with zero attached hydrogens (tertiary/aromatic N) is 1. The lowest BCUT2D eigenvalue weighted by Gasteiger charge is -2.26. The van der Waals surface area contributed by atoms with E-state index < -0.39 is 0 Å². The second kappa shape index (κ2) is 6.59. The number of benzene rings is 1. The smallest absolute Gasteiger partial charge is 0.0363 e. The minimum atomic E-state index is 0.470. The van der Waals surface area contributed by atoms with E-state index in [-0.39, 0.29) is 0 Å². The lowest BCUT2D eigenvalue weighted by Crippen LogP contribution is -2.29. The predicted octanol–water partition coefficient (Wildman–Crippen LogP) is 4.03. The van der Waals surface area contributed by atoms with E-state index >= 15 is 0 Å². The average Bonchev–Trinajstić information content (AvgIpc) is 3.02. The Hall–Kier alpha value is -1.06. The van der Waals surface area contributed by atoms with Crippen LogP contribution in [0.4, 0.5) is 0 Å². The molecule has 20 heavy (non-hydrogen) atoms. The molecule has 106 valence electrons. The molecule has 3 heteroatoms. The monoisotopic (exact) mass is 286 g/mol. The summed E-state index contributed by atoms with van der Waals surface area (Å²) in [5, 5.41) is 6.38. The quantitative estimate of drug-likeness (QED) is 0.898. The molecule has 3 rings (SSSR count). The Kier molecular flexibility index (Phi) is 4.58. The number of fused-ring (bicyclic) bond motifs is 1. The molecule has 1 saturated heterocycles. The van der Waals surface area contributed by atoms with Crippen molar-refractivity contribution >= 4 is 22.5 Å². The van der Waals surface area contributed by atoms with Crippen LogP contribution >= 0.6 is 11.8 Å². The van der Waals surface area contributed by atoms with Crippen molar-refractivity contribution in [2.75, 3.05) is 18.1 Å². The number of rotatable bonds is 5. The van der Waals surface area contributed by atoms with Gasteiger partial charge in [-0.2, -0.15) is 11.8 Å². The zero-order valence-electron chi connectivity index (χ0n) is 12.0. The van der Waals surface area contributed by atoms with Crippen LogP contribution in [0.3, 0.4) is 0 Å². The van der Waals surface area contributed by atoms with Crippen molar-refractivity contribution in [3.8, 4) is 0 Å². The van der Waals surface area contributed by atoms with Gasteiger partial charge in [0.15, 0.2) is 0 Å². The zero-order valence-corrected chi connectivity index (χ0v) is 12.8. The van der Waals surface area contributed by atoms with Crippen molar-refractivity contribution in [2.24, 2.45) is 5.92 Å². The third-order valence-electron chi connectivity index (χ3n) is 4.10. The van der Waals surface area contributed by atoms with Crippen molar-refractivity contribution < 1.29 is 0 Å². The minimum Gasteiger partial charge on any atom is -0.310 e. The predicted molar refractivity (Wildman–Crippen MR) is 88.2 cm³/mol. The van der Waals surface area contributed by atoms with Gasteiger partial charge in [0.2, 0.25) is 0 Å². The van der Waals surface area contributed by atoms with E-state index in [2.05, 4.69) is 53.3 Å². The summed E-state index contributed by atoms with van der Waals surface area (Å²) < 4.78 is 0. The van der Waals surface area contributed by atoms with Gasteiger partial charge in [-0.3, -0.25) is 4.98 Å². The second-order valence-corrected chi connectivity index (χ2v) is 6.65. The van der Waals surface area contributed by atoms with E-state index in [1.165, 1.54) is 40.7 Å². The summed E-state index contributed by atoms with van der Waals surface area (Å²) in [5.74, 6) is 3.33. The molecule has 2 heterocycles. The normalized spacial score (nSPS) is 20.4. The third kappa shape index (κ3) is 2.84. The number of aromatic nitrogens is 1. The molecule has 0 aliphatic carbocycles. The molecule has 1 aliphatic heterocycles. The summed E-state index contributed by atoms with van der Waals surface area (Å²) in [7, 11) is 0. The van der Waals surface area contributed by atoms with E-state index in [1.54, 1.807) is 0 Å². The van der Waals surface area contributed by atoms with Gasteiger partial charge >= 0.3 is 0 Å². The number of thioether (sulfide) groups is 1. The first-order valence-corrected chi connectivity index (χ1v) is 8.69. The van der Waals surface area contributed by atoms with E-state index in [4.69, 9.17) is 0 Å². The Morgan fingerprint density at radius 1 is 1.40 bits per heavy atom. The van der Waals surface area contributed by atoms with E-state index in [0.717, 1.165) is 12.5 Å². The maximum absolute atomic E-state index is 4.33. The topological polar surface area (TPSA) is 24.9 Å². The van der Waals surface area contributed by atoms with Crippen molar-refractivity contribution in [1.82, 2.24) is 10.3 Å². The highest BCUT2D eigenvalue weighted by molar-refractivity contribution is 7.99. The SMILES string of the molecule is CCCNC(c1cccc2ccncc12)C1CCSC1. The molecule has 2 atom stereocenters. The average molecular weight is 286 g/mol. The Labute approximate surface area is 125 Å². The summed E-state index contributed by atoms with van der Waals surface area (Å²) in [4.78, 5) is 4.33. The van der Waals surface area contributed by atoms with Gasteiger partial charge in [-0.05, 0) is 53.8 Å². The molecule has 2 unspecified atom stereocenters. The van der Waals surface area contributed by atoms with Gasteiger partial charge in [0.05, 0.1) is 0 Å². The molecule has 1 aromatic carbocycles. The molecule has 0 spiro atoms. The molecular weight excluding hydrogens is 264 g/mol. The highest BCUT2D eigenvalue weighted by atomic mass is 32.2. The summed E-state index contributed by atoms with van der Waals surface area (Å²) >= 11 is 2.09. The second-order valence-electron chi connectivity index (χ2n) is 5.50. The fourth-order valence-electron chi connectivity index (χ4n) is 3.05. The molecule has 1 aliphatic rings. The van der Waals surface area contributed by atoms with Crippen LogP contribution in [0.25, 0.3) is 10.8 Å². The maximum Gasteiger partial charge on any atom is 0.0363 e. The van der Waals surface area contributed by atoms with Crippen LogP contribution in [0.1, 0.15) is 31.4 Å². The van der Waals surface area contributed by atoms with E-state index in [1.807, 2.05) is 12.4 Å². The molecule has 2 nitrogen and oxygen atoms in total. The van der Waals surface area contributed by atoms with Gasteiger partial charge in [-0.15, -0.1) is 0 Å². The molecule has 2 aromatic rings. The summed E-state index contributed by atoms with van der Waals surface area (Å²) in [6.45, 7) is 3.32. The third-order valence-corrected chi connectivity index (χ3v) is 5.29. The van der Waals surface area contributed by atoms with Crippen LogP contribution in [0.2, 0.25) is 0 Å². The van der Waals surface area contributed by atoms with Gasteiger partial charge in [0.25, 0.3) is 0 Å². The Morgan fingerprint density at radius 2 is 2.35 bits per heavy atom. The summed E-state index contributed by atoms with van der Waals surface area (Å²) in [6, 6.07) is 9.22. The van der Waals surface area contributed by atoms with E-state index in [9.17, 15) is 0 Å². The van der Waals surface area contributed by atoms with Gasteiger partial charge < -0.3 is 5.32 Å². The first-order chi connectivity index (χ1) is 9.90. The van der Waals surface area contributed by atoms with Gasteiger partial charge in [0, 0.05) is 23.8 Å². The highest BCUT2D eigenvalue weighted by Crippen LogP contribution is 2.36. The molecular formula is C17H22N2S. The number of hydrogen-bond acceptors (Lipinski definition) is 3. The minimum absolute atomic E-state index is 0.470. The Balaban J connectivity index is 1.99. The molecule has 1 aromatic heterocycles. The van der Waals surface area contributed by atoms with Crippen LogP contribution in [0.15, 0.2) is 36.7 Å². The van der Waals surface area contributed by atoms with Crippen LogP contribution in [0.5, 0.6) is 0 Å².